The van der Waals surface area contributed by atoms with E-state index in [0.717, 1.165) is 6.07 Å². The zero-order valence-electron chi connectivity index (χ0n) is 15.4. The topological polar surface area (TPSA) is 23.6 Å². The smallest absolute Gasteiger partial charge is 0.253 e. The molecule has 0 aromatic heterocycles. The first-order valence-electron chi connectivity index (χ1n) is 8.85. The number of anilines is 1. The van der Waals surface area contributed by atoms with Crippen molar-refractivity contribution in [1.82, 2.24) is 4.90 Å². The second kappa shape index (κ2) is 7.06. The summed E-state index contributed by atoms with van der Waals surface area (Å²) in [6.07, 6.45) is 0. The Bertz CT molecular complexity index is 789. The van der Waals surface area contributed by atoms with Gasteiger partial charge in [-0.2, -0.15) is 0 Å². The van der Waals surface area contributed by atoms with Crippen LogP contribution in [0.2, 0.25) is 0 Å². The average molecular weight is 358 g/mol. The van der Waals surface area contributed by atoms with Gasteiger partial charge in [-0.15, -0.1) is 0 Å². The SMILES string of the molecule is CC(C)(C)c1ccc(C(=O)N2CCN(c3ccc(F)c(F)c3)CC2)cc1. The van der Waals surface area contributed by atoms with E-state index in [0.29, 0.717) is 37.4 Å². The van der Waals surface area contributed by atoms with Crippen LogP contribution >= 0.6 is 0 Å². The number of halogens is 2. The quantitative estimate of drug-likeness (QED) is 0.802. The van der Waals surface area contributed by atoms with Crippen LogP contribution in [0.25, 0.3) is 0 Å². The summed E-state index contributed by atoms with van der Waals surface area (Å²) in [4.78, 5) is 16.5. The third-order valence-corrected chi connectivity index (χ3v) is 4.83. The Morgan fingerprint density at radius 3 is 2.04 bits per heavy atom. The molecular formula is C21H24F2N2O. The number of rotatable bonds is 2. The van der Waals surface area contributed by atoms with Gasteiger partial charge in [-0.1, -0.05) is 32.9 Å². The van der Waals surface area contributed by atoms with Gasteiger partial charge in [0.15, 0.2) is 11.6 Å². The van der Waals surface area contributed by atoms with Gasteiger partial charge in [0.2, 0.25) is 0 Å². The van der Waals surface area contributed by atoms with Crippen molar-refractivity contribution in [2.45, 2.75) is 26.2 Å². The van der Waals surface area contributed by atoms with Gasteiger partial charge in [-0.05, 0) is 35.2 Å². The van der Waals surface area contributed by atoms with Crippen LogP contribution in [0.5, 0.6) is 0 Å². The molecule has 3 nitrogen and oxygen atoms in total. The van der Waals surface area contributed by atoms with Crippen LogP contribution in [0.15, 0.2) is 42.5 Å². The maximum atomic E-state index is 13.4. The number of nitrogens with zero attached hydrogens (tertiary/aromatic N) is 2. The molecule has 0 bridgehead atoms. The first-order valence-corrected chi connectivity index (χ1v) is 8.85. The molecular weight excluding hydrogens is 334 g/mol. The summed E-state index contributed by atoms with van der Waals surface area (Å²) in [6, 6.07) is 11.7. The summed E-state index contributed by atoms with van der Waals surface area (Å²) in [5.74, 6) is -1.68. The minimum absolute atomic E-state index is 0.00963. The van der Waals surface area contributed by atoms with E-state index in [2.05, 4.69) is 20.8 Å². The molecule has 1 aliphatic heterocycles. The van der Waals surface area contributed by atoms with Crippen molar-refractivity contribution < 1.29 is 13.6 Å². The summed E-state index contributed by atoms with van der Waals surface area (Å²) in [5.41, 5.74) is 2.57. The van der Waals surface area contributed by atoms with Crippen molar-refractivity contribution in [3.05, 3.63) is 65.2 Å². The fraction of sp³-hybridized carbons (Fsp3) is 0.381. The highest BCUT2D eigenvalue weighted by molar-refractivity contribution is 5.94. The Morgan fingerprint density at radius 1 is 0.885 bits per heavy atom. The molecule has 1 heterocycles. The van der Waals surface area contributed by atoms with Crippen molar-refractivity contribution in [2.24, 2.45) is 0 Å². The van der Waals surface area contributed by atoms with Crippen molar-refractivity contribution in [1.29, 1.82) is 0 Å². The molecule has 2 aromatic carbocycles. The van der Waals surface area contributed by atoms with Crippen LogP contribution in [-0.4, -0.2) is 37.0 Å². The van der Waals surface area contributed by atoms with E-state index in [1.165, 1.54) is 11.6 Å². The monoisotopic (exact) mass is 358 g/mol. The van der Waals surface area contributed by atoms with Crippen molar-refractivity contribution in [3.8, 4) is 0 Å². The van der Waals surface area contributed by atoms with E-state index < -0.39 is 11.6 Å². The first kappa shape index (κ1) is 18.4. The predicted molar refractivity (Wildman–Crippen MR) is 99.6 cm³/mol. The van der Waals surface area contributed by atoms with Gasteiger partial charge in [0.25, 0.3) is 5.91 Å². The third kappa shape index (κ3) is 3.87. The lowest BCUT2D eigenvalue weighted by atomic mass is 9.86. The van der Waals surface area contributed by atoms with E-state index in [1.54, 1.807) is 6.07 Å². The molecule has 0 unspecified atom stereocenters. The number of hydrogen-bond donors (Lipinski definition) is 0. The third-order valence-electron chi connectivity index (χ3n) is 4.83. The number of amides is 1. The molecule has 26 heavy (non-hydrogen) atoms. The fourth-order valence-corrected chi connectivity index (χ4v) is 3.14. The van der Waals surface area contributed by atoms with E-state index >= 15 is 0 Å². The molecule has 5 heteroatoms. The van der Waals surface area contributed by atoms with Gasteiger partial charge in [0.1, 0.15) is 0 Å². The van der Waals surface area contributed by atoms with Crippen LogP contribution < -0.4 is 4.90 Å². The average Bonchev–Trinajstić information content (AvgIpc) is 2.63. The second-order valence-electron chi connectivity index (χ2n) is 7.71. The lowest BCUT2D eigenvalue weighted by Crippen LogP contribution is -2.48. The van der Waals surface area contributed by atoms with Gasteiger partial charge >= 0.3 is 0 Å². The summed E-state index contributed by atoms with van der Waals surface area (Å²) in [7, 11) is 0. The summed E-state index contributed by atoms with van der Waals surface area (Å²) in [6.45, 7) is 8.72. The minimum Gasteiger partial charge on any atom is -0.368 e. The molecule has 0 atom stereocenters. The maximum absolute atomic E-state index is 13.4. The highest BCUT2D eigenvalue weighted by atomic mass is 19.2. The molecule has 1 aliphatic rings. The molecule has 0 saturated carbocycles. The van der Waals surface area contributed by atoms with Crippen LogP contribution in [0, 0.1) is 11.6 Å². The summed E-state index contributed by atoms with van der Waals surface area (Å²) >= 11 is 0. The number of piperazine rings is 1. The Labute approximate surface area is 153 Å². The Morgan fingerprint density at radius 2 is 1.50 bits per heavy atom. The lowest BCUT2D eigenvalue weighted by Gasteiger charge is -2.36. The van der Waals surface area contributed by atoms with Crippen LogP contribution in [0.3, 0.4) is 0 Å². The minimum atomic E-state index is -0.847. The molecule has 0 aliphatic carbocycles. The van der Waals surface area contributed by atoms with Crippen LogP contribution in [-0.2, 0) is 5.41 Å². The number of carbonyl (C=O) groups is 1. The molecule has 0 N–H and O–H groups in total. The van der Waals surface area contributed by atoms with Crippen molar-refractivity contribution >= 4 is 11.6 Å². The fourth-order valence-electron chi connectivity index (χ4n) is 3.14. The normalized spacial score (nSPS) is 15.3. The predicted octanol–water partition coefficient (Wildman–Crippen LogP) is 4.22. The van der Waals surface area contributed by atoms with E-state index in [-0.39, 0.29) is 11.3 Å². The molecule has 138 valence electrons. The zero-order valence-corrected chi connectivity index (χ0v) is 15.4. The van der Waals surface area contributed by atoms with E-state index in [9.17, 15) is 13.6 Å². The standard InChI is InChI=1S/C21H24F2N2O/c1-21(2,3)16-6-4-15(5-7-16)20(26)25-12-10-24(11-13-25)17-8-9-18(22)19(23)14-17/h4-9,14H,10-13H2,1-3H3. The number of benzene rings is 2. The molecule has 3 rings (SSSR count). The largest absolute Gasteiger partial charge is 0.368 e. The lowest BCUT2D eigenvalue weighted by molar-refractivity contribution is 0.0746. The molecule has 1 fully saturated rings. The van der Waals surface area contributed by atoms with Gasteiger partial charge in [0.05, 0.1) is 0 Å². The maximum Gasteiger partial charge on any atom is 0.253 e. The van der Waals surface area contributed by atoms with E-state index in [4.69, 9.17) is 0 Å². The van der Waals surface area contributed by atoms with Crippen LogP contribution in [0.4, 0.5) is 14.5 Å². The summed E-state index contributed by atoms with van der Waals surface area (Å²) in [5, 5.41) is 0. The van der Waals surface area contributed by atoms with Gasteiger partial charge in [-0.3, -0.25) is 4.79 Å². The highest BCUT2D eigenvalue weighted by Crippen LogP contribution is 2.23. The first-order chi connectivity index (χ1) is 12.3. The Balaban J connectivity index is 1.64. The van der Waals surface area contributed by atoms with Gasteiger partial charge < -0.3 is 9.80 Å². The Hall–Kier alpha value is -2.43. The molecule has 1 amide bonds. The Kier molecular flexibility index (Phi) is 4.99. The number of carbonyl (C=O) groups excluding carboxylic acids is 1. The van der Waals surface area contributed by atoms with Crippen molar-refractivity contribution in [3.63, 3.8) is 0 Å². The molecule has 0 radical (unpaired) electrons. The summed E-state index contributed by atoms with van der Waals surface area (Å²) < 4.78 is 26.5. The second-order valence-corrected chi connectivity index (χ2v) is 7.71. The molecule has 1 saturated heterocycles. The highest BCUT2D eigenvalue weighted by Gasteiger charge is 2.23. The zero-order chi connectivity index (χ0) is 18.9. The molecule has 2 aromatic rings. The number of hydrogen-bond acceptors (Lipinski definition) is 2. The van der Waals surface area contributed by atoms with E-state index in [1.807, 2.05) is 34.1 Å². The van der Waals surface area contributed by atoms with Crippen molar-refractivity contribution in [2.75, 3.05) is 31.1 Å². The molecule has 0 spiro atoms. The van der Waals surface area contributed by atoms with Gasteiger partial charge in [0, 0.05) is 43.5 Å². The van der Waals surface area contributed by atoms with Gasteiger partial charge in [-0.25, -0.2) is 8.78 Å². The van der Waals surface area contributed by atoms with Crippen LogP contribution in [0.1, 0.15) is 36.7 Å².